The predicted octanol–water partition coefficient (Wildman–Crippen LogP) is 2.20. The monoisotopic (exact) mass is 226 g/mol. The van der Waals surface area contributed by atoms with Crippen molar-refractivity contribution in [3.63, 3.8) is 0 Å². The number of alkyl halides is 2. The smallest absolute Gasteiger partial charge is 0.336 e. The number of benzene rings is 1. The van der Waals surface area contributed by atoms with E-state index in [4.69, 9.17) is 5.11 Å². The van der Waals surface area contributed by atoms with Crippen LogP contribution in [0.2, 0.25) is 0 Å². The fourth-order valence-electron chi connectivity index (χ4n) is 1.73. The maximum absolute atomic E-state index is 12.8. The van der Waals surface area contributed by atoms with Gasteiger partial charge < -0.3 is 5.11 Å². The number of H-pyrrole nitrogens is 1. The molecule has 1 heterocycles. The van der Waals surface area contributed by atoms with Gasteiger partial charge in [-0.2, -0.15) is 5.10 Å². The summed E-state index contributed by atoms with van der Waals surface area (Å²) in [5.41, 5.74) is 0.0486. The summed E-state index contributed by atoms with van der Waals surface area (Å²) >= 11 is 0. The lowest BCUT2D eigenvalue weighted by Crippen LogP contribution is -2.06. The number of aromatic amines is 1. The molecule has 0 amide bonds. The normalized spacial score (nSPS) is 10.9. The number of aromatic carboxylic acids is 1. The molecule has 2 aromatic rings. The fraction of sp³-hybridized carbons (Fsp3) is 0.200. The van der Waals surface area contributed by atoms with Crippen LogP contribution in [-0.2, 0) is 13.3 Å². The average Bonchev–Trinajstić information content (AvgIpc) is 2.73. The topological polar surface area (TPSA) is 66.0 Å². The van der Waals surface area contributed by atoms with Crippen molar-refractivity contribution in [2.75, 3.05) is 0 Å². The van der Waals surface area contributed by atoms with E-state index in [9.17, 15) is 13.6 Å². The van der Waals surface area contributed by atoms with Gasteiger partial charge >= 0.3 is 5.97 Å². The first-order valence-electron chi connectivity index (χ1n) is 4.52. The number of carbonyl (C=O) groups is 1. The van der Waals surface area contributed by atoms with Crippen LogP contribution in [0.25, 0.3) is 10.9 Å². The second-order valence-electron chi connectivity index (χ2n) is 3.29. The lowest BCUT2D eigenvalue weighted by Gasteiger charge is -2.08. The third kappa shape index (κ3) is 1.42. The molecule has 84 valence electrons. The van der Waals surface area contributed by atoms with E-state index < -0.39 is 19.3 Å². The molecule has 0 unspecified atom stereocenters. The molecule has 4 nitrogen and oxygen atoms in total. The highest BCUT2D eigenvalue weighted by molar-refractivity contribution is 5.98. The van der Waals surface area contributed by atoms with Gasteiger partial charge in [0.05, 0.1) is 17.3 Å². The molecule has 0 saturated heterocycles. The van der Waals surface area contributed by atoms with Crippen molar-refractivity contribution in [1.29, 1.82) is 0 Å². The lowest BCUT2D eigenvalue weighted by atomic mass is 9.99. The van der Waals surface area contributed by atoms with E-state index in [1.165, 1.54) is 12.3 Å². The van der Waals surface area contributed by atoms with Crippen LogP contribution in [0.15, 0.2) is 12.3 Å². The average molecular weight is 226 g/mol. The Labute approximate surface area is 88.9 Å². The Kier molecular flexibility index (Phi) is 2.55. The van der Waals surface area contributed by atoms with Crippen molar-refractivity contribution in [3.8, 4) is 0 Å². The van der Waals surface area contributed by atoms with E-state index in [1.807, 2.05) is 0 Å². The highest BCUT2D eigenvalue weighted by Gasteiger charge is 2.19. The van der Waals surface area contributed by atoms with E-state index >= 15 is 0 Å². The van der Waals surface area contributed by atoms with Gasteiger partial charge in [0, 0.05) is 10.9 Å². The number of aromatic nitrogens is 2. The van der Waals surface area contributed by atoms with E-state index in [2.05, 4.69) is 10.2 Å². The molecular weight excluding hydrogens is 218 g/mol. The summed E-state index contributed by atoms with van der Waals surface area (Å²) < 4.78 is 25.5. The standard InChI is InChI=1S/C10H8F2N2O2/c11-2-5-1-8-7(4-13-14-8)6(3-12)9(5)10(15)16/h1,4H,2-3H2,(H,13,14)(H,15,16). The maximum atomic E-state index is 12.8. The highest BCUT2D eigenvalue weighted by atomic mass is 19.1. The zero-order chi connectivity index (χ0) is 11.7. The first-order chi connectivity index (χ1) is 7.69. The molecule has 0 aliphatic carbocycles. The van der Waals surface area contributed by atoms with Crippen LogP contribution in [0, 0.1) is 0 Å². The summed E-state index contributed by atoms with van der Waals surface area (Å²) in [5, 5.41) is 15.6. The fourth-order valence-corrected chi connectivity index (χ4v) is 1.73. The molecule has 2 rings (SSSR count). The number of rotatable bonds is 3. The van der Waals surface area contributed by atoms with E-state index in [0.29, 0.717) is 10.9 Å². The van der Waals surface area contributed by atoms with E-state index in [-0.39, 0.29) is 16.7 Å². The molecule has 6 heteroatoms. The van der Waals surface area contributed by atoms with Gasteiger partial charge in [-0.25, -0.2) is 13.6 Å². The molecule has 0 spiro atoms. The molecule has 0 fully saturated rings. The van der Waals surface area contributed by atoms with Gasteiger partial charge in [0.25, 0.3) is 0 Å². The molecule has 0 saturated carbocycles. The first-order valence-corrected chi connectivity index (χ1v) is 4.52. The van der Waals surface area contributed by atoms with Crippen LogP contribution in [0.5, 0.6) is 0 Å². The minimum Gasteiger partial charge on any atom is -0.478 e. The minimum atomic E-state index is -1.33. The van der Waals surface area contributed by atoms with Gasteiger partial charge in [0.2, 0.25) is 0 Å². The maximum Gasteiger partial charge on any atom is 0.336 e. The van der Waals surface area contributed by atoms with Crippen LogP contribution >= 0.6 is 0 Å². The Morgan fingerprint density at radius 1 is 1.44 bits per heavy atom. The summed E-state index contributed by atoms with van der Waals surface area (Å²) in [6.07, 6.45) is 1.33. The Bertz CT molecular complexity index is 551. The van der Waals surface area contributed by atoms with Gasteiger partial charge in [0.1, 0.15) is 13.3 Å². The summed E-state index contributed by atoms with van der Waals surface area (Å²) in [4.78, 5) is 11.0. The zero-order valence-corrected chi connectivity index (χ0v) is 8.13. The summed E-state index contributed by atoms with van der Waals surface area (Å²) in [7, 11) is 0. The molecule has 1 aromatic carbocycles. The zero-order valence-electron chi connectivity index (χ0n) is 8.13. The molecule has 0 aliphatic rings. The Balaban J connectivity index is 2.86. The van der Waals surface area contributed by atoms with Gasteiger partial charge in [-0.15, -0.1) is 0 Å². The number of fused-ring (bicyclic) bond motifs is 1. The van der Waals surface area contributed by atoms with Crippen LogP contribution in [0.3, 0.4) is 0 Å². The molecule has 0 radical (unpaired) electrons. The first kappa shape index (κ1) is 10.5. The van der Waals surface area contributed by atoms with Gasteiger partial charge in [-0.3, -0.25) is 5.10 Å². The molecule has 0 atom stereocenters. The number of halogens is 2. The largest absolute Gasteiger partial charge is 0.478 e. The van der Waals surface area contributed by atoms with Gasteiger partial charge in [-0.05, 0) is 11.6 Å². The van der Waals surface area contributed by atoms with Crippen LogP contribution in [0.1, 0.15) is 21.5 Å². The summed E-state index contributed by atoms with van der Waals surface area (Å²) in [6, 6.07) is 1.34. The van der Waals surface area contributed by atoms with Crippen molar-refractivity contribution in [2.45, 2.75) is 13.3 Å². The Hall–Kier alpha value is -1.98. The van der Waals surface area contributed by atoms with E-state index in [0.717, 1.165) is 0 Å². The number of hydrogen-bond donors (Lipinski definition) is 2. The number of nitrogens with one attached hydrogen (secondary N) is 1. The van der Waals surface area contributed by atoms with Crippen LogP contribution < -0.4 is 0 Å². The SMILES string of the molecule is O=C(O)c1c(CF)cc2[nH]ncc2c1CF. The molecular formula is C10H8F2N2O2. The molecule has 1 aromatic heterocycles. The number of carboxylic acids is 1. The number of hydrogen-bond acceptors (Lipinski definition) is 2. The van der Waals surface area contributed by atoms with Gasteiger partial charge in [-0.1, -0.05) is 0 Å². The molecule has 0 aliphatic heterocycles. The number of nitrogens with zero attached hydrogens (tertiary/aromatic N) is 1. The van der Waals surface area contributed by atoms with Gasteiger partial charge in [0.15, 0.2) is 0 Å². The Morgan fingerprint density at radius 2 is 2.19 bits per heavy atom. The highest BCUT2D eigenvalue weighted by Crippen LogP contribution is 2.26. The molecule has 0 bridgehead atoms. The molecule has 2 N–H and O–H groups in total. The Morgan fingerprint density at radius 3 is 2.75 bits per heavy atom. The molecule has 16 heavy (non-hydrogen) atoms. The van der Waals surface area contributed by atoms with Crippen LogP contribution in [0.4, 0.5) is 8.78 Å². The van der Waals surface area contributed by atoms with Crippen molar-refractivity contribution in [2.24, 2.45) is 0 Å². The third-order valence-electron chi connectivity index (χ3n) is 2.43. The van der Waals surface area contributed by atoms with Crippen LogP contribution in [-0.4, -0.2) is 21.3 Å². The van der Waals surface area contributed by atoms with Crippen molar-refractivity contribution in [1.82, 2.24) is 10.2 Å². The second-order valence-corrected chi connectivity index (χ2v) is 3.29. The lowest BCUT2D eigenvalue weighted by molar-refractivity contribution is 0.0693. The minimum absolute atomic E-state index is 0.0357. The van der Waals surface area contributed by atoms with Crippen molar-refractivity contribution < 1.29 is 18.7 Å². The number of carboxylic acid groups (broad SMARTS) is 1. The van der Waals surface area contributed by atoms with Crippen molar-refractivity contribution in [3.05, 3.63) is 29.0 Å². The second kappa shape index (κ2) is 3.88. The summed E-state index contributed by atoms with van der Waals surface area (Å²) in [6.45, 7) is -1.92. The summed E-state index contributed by atoms with van der Waals surface area (Å²) in [5.74, 6) is -1.33. The van der Waals surface area contributed by atoms with E-state index in [1.54, 1.807) is 0 Å². The third-order valence-corrected chi connectivity index (χ3v) is 2.43. The van der Waals surface area contributed by atoms with Crippen molar-refractivity contribution >= 4 is 16.9 Å². The predicted molar refractivity (Wildman–Crippen MR) is 52.7 cm³/mol. The quantitative estimate of drug-likeness (QED) is 0.843.